The Morgan fingerprint density at radius 2 is 2.31 bits per heavy atom. The number of pyridine rings is 1. The number of nitrogens with zero attached hydrogens (tertiary/aromatic N) is 1. The maximum Gasteiger partial charge on any atom is 0.0624 e. The molecule has 1 aliphatic rings. The first kappa shape index (κ1) is 9.01. The van der Waals surface area contributed by atoms with E-state index in [9.17, 15) is 0 Å². The van der Waals surface area contributed by atoms with Crippen molar-refractivity contribution >= 4 is 11.6 Å². The molecule has 1 nitrogen and oxygen atoms in total. The monoisotopic (exact) mass is 194 g/mol. The van der Waals surface area contributed by atoms with Crippen LogP contribution in [0.1, 0.15) is 37.3 Å². The fourth-order valence-electron chi connectivity index (χ4n) is 1.86. The van der Waals surface area contributed by atoms with E-state index >= 15 is 0 Å². The van der Waals surface area contributed by atoms with Gasteiger partial charge in [-0.3, -0.25) is 4.98 Å². The highest BCUT2D eigenvalue weighted by molar-refractivity contribution is 6.31. The average molecular weight is 195 g/mol. The summed E-state index contributed by atoms with van der Waals surface area (Å²) in [6, 6.07) is 3.81. The van der Waals surface area contributed by atoms with Gasteiger partial charge < -0.3 is 0 Å². The van der Waals surface area contributed by atoms with E-state index in [0.717, 1.165) is 10.7 Å². The molecule has 1 heterocycles. The average Bonchev–Trinajstić information content (AvgIpc) is 2.20. The summed E-state index contributed by atoms with van der Waals surface area (Å²) in [5, 5.41) is 0.811. The van der Waals surface area contributed by atoms with Gasteiger partial charge in [-0.2, -0.15) is 0 Å². The molecule has 0 saturated heterocycles. The van der Waals surface area contributed by atoms with E-state index < -0.39 is 0 Å². The molecule has 1 unspecified atom stereocenters. The maximum absolute atomic E-state index is 6.08. The van der Waals surface area contributed by atoms with Crippen LogP contribution in [0.3, 0.4) is 0 Å². The molecule has 69 valence electrons. The molecule has 1 fully saturated rings. The number of aromatic nitrogens is 1. The molecule has 2 heteroatoms. The van der Waals surface area contributed by atoms with E-state index in [2.05, 4.69) is 11.4 Å². The Kier molecular flexibility index (Phi) is 2.84. The topological polar surface area (TPSA) is 12.9 Å². The molecule has 0 aliphatic heterocycles. The second-order valence-corrected chi connectivity index (χ2v) is 3.90. The van der Waals surface area contributed by atoms with Crippen LogP contribution in [0.25, 0.3) is 0 Å². The lowest BCUT2D eigenvalue weighted by Crippen LogP contribution is -2.07. The van der Waals surface area contributed by atoms with E-state index in [1.807, 2.05) is 18.3 Å². The number of hydrogen-bond acceptors (Lipinski definition) is 1. The van der Waals surface area contributed by atoms with Crippen LogP contribution in [0, 0.1) is 6.42 Å². The predicted octanol–water partition coefficient (Wildman–Crippen LogP) is 3.60. The lowest BCUT2D eigenvalue weighted by atomic mass is 9.87. The molecule has 1 radical (unpaired) electrons. The Balaban J connectivity index is 2.18. The summed E-state index contributed by atoms with van der Waals surface area (Å²) in [5.41, 5.74) is 1.06. The van der Waals surface area contributed by atoms with Crippen molar-refractivity contribution in [2.75, 3.05) is 0 Å². The largest absolute Gasteiger partial charge is 0.259 e. The molecule has 1 aromatic heterocycles. The van der Waals surface area contributed by atoms with Crippen LogP contribution in [0.5, 0.6) is 0 Å². The Bertz CT molecular complexity index is 279. The van der Waals surface area contributed by atoms with Gasteiger partial charge in [0.2, 0.25) is 0 Å². The molecule has 0 spiro atoms. The van der Waals surface area contributed by atoms with Crippen LogP contribution >= 0.6 is 11.6 Å². The SMILES string of the molecule is Clc1cccnc1C1[CH]CCCC1. The van der Waals surface area contributed by atoms with Crippen molar-refractivity contribution in [2.45, 2.75) is 31.6 Å². The van der Waals surface area contributed by atoms with Gasteiger partial charge in [0, 0.05) is 12.1 Å². The van der Waals surface area contributed by atoms with Gasteiger partial charge in [-0.05, 0) is 31.4 Å². The van der Waals surface area contributed by atoms with Crippen molar-refractivity contribution in [3.8, 4) is 0 Å². The van der Waals surface area contributed by atoms with E-state index in [4.69, 9.17) is 11.6 Å². The highest BCUT2D eigenvalue weighted by Crippen LogP contribution is 2.33. The smallest absolute Gasteiger partial charge is 0.0624 e. The minimum atomic E-state index is 0.488. The van der Waals surface area contributed by atoms with Gasteiger partial charge in [0.1, 0.15) is 0 Å². The van der Waals surface area contributed by atoms with Crippen molar-refractivity contribution in [2.24, 2.45) is 0 Å². The fraction of sp³-hybridized carbons (Fsp3) is 0.455. The van der Waals surface area contributed by atoms with Crippen LogP contribution in [0.15, 0.2) is 18.3 Å². The van der Waals surface area contributed by atoms with Crippen molar-refractivity contribution in [3.63, 3.8) is 0 Å². The summed E-state index contributed by atoms with van der Waals surface area (Å²) in [7, 11) is 0. The lowest BCUT2D eigenvalue weighted by Gasteiger charge is -2.21. The van der Waals surface area contributed by atoms with Gasteiger partial charge in [0.25, 0.3) is 0 Å². The third kappa shape index (κ3) is 2.02. The fourth-order valence-corrected chi connectivity index (χ4v) is 2.13. The van der Waals surface area contributed by atoms with Gasteiger partial charge in [-0.25, -0.2) is 0 Å². The summed E-state index contributed by atoms with van der Waals surface area (Å²) in [4.78, 5) is 4.34. The van der Waals surface area contributed by atoms with E-state index in [-0.39, 0.29) is 0 Å². The van der Waals surface area contributed by atoms with Crippen molar-refractivity contribution in [3.05, 3.63) is 35.5 Å². The van der Waals surface area contributed by atoms with Gasteiger partial charge in [0.05, 0.1) is 10.7 Å². The summed E-state index contributed by atoms with van der Waals surface area (Å²) in [6.07, 6.45) is 9.20. The first-order chi connectivity index (χ1) is 6.38. The lowest BCUT2D eigenvalue weighted by molar-refractivity contribution is 0.526. The molecule has 1 aromatic rings. The second-order valence-electron chi connectivity index (χ2n) is 3.50. The minimum Gasteiger partial charge on any atom is -0.259 e. The van der Waals surface area contributed by atoms with Crippen LogP contribution < -0.4 is 0 Å². The molecule has 0 bridgehead atoms. The number of rotatable bonds is 1. The number of hydrogen-bond donors (Lipinski definition) is 0. The van der Waals surface area contributed by atoms with E-state index in [1.165, 1.54) is 25.7 Å². The third-order valence-corrected chi connectivity index (χ3v) is 2.88. The molecule has 0 amide bonds. The molecule has 1 atom stereocenters. The normalized spacial score (nSPS) is 18.8. The highest BCUT2D eigenvalue weighted by Gasteiger charge is 2.18. The summed E-state index contributed by atoms with van der Waals surface area (Å²) in [6.45, 7) is 0. The molecular weight excluding hydrogens is 182 g/mol. The summed E-state index contributed by atoms with van der Waals surface area (Å²) < 4.78 is 0. The Hall–Kier alpha value is -0.560. The van der Waals surface area contributed by atoms with Gasteiger partial charge in [0.15, 0.2) is 0 Å². The molecule has 2 rings (SSSR count). The second kappa shape index (κ2) is 4.10. The van der Waals surface area contributed by atoms with Gasteiger partial charge in [-0.1, -0.05) is 24.4 Å². The van der Waals surface area contributed by atoms with E-state index in [0.29, 0.717) is 5.92 Å². The van der Waals surface area contributed by atoms with Crippen LogP contribution in [-0.4, -0.2) is 4.98 Å². The van der Waals surface area contributed by atoms with Crippen molar-refractivity contribution < 1.29 is 0 Å². The van der Waals surface area contributed by atoms with Crippen LogP contribution in [-0.2, 0) is 0 Å². The van der Waals surface area contributed by atoms with Gasteiger partial charge >= 0.3 is 0 Å². The Morgan fingerprint density at radius 1 is 1.38 bits per heavy atom. The quantitative estimate of drug-likeness (QED) is 0.666. The van der Waals surface area contributed by atoms with Gasteiger partial charge in [-0.15, -0.1) is 0 Å². The van der Waals surface area contributed by atoms with E-state index in [1.54, 1.807) is 0 Å². The first-order valence-corrected chi connectivity index (χ1v) is 5.19. The minimum absolute atomic E-state index is 0.488. The van der Waals surface area contributed by atoms with Crippen LogP contribution in [0.2, 0.25) is 5.02 Å². The molecule has 13 heavy (non-hydrogen) atoms. The van der Waals surface area contributed by atoms with Crippen molar-refractivity contribution in [1.82, 2.24) is 4.98 Å². The molecular formula is C11H13ClN. The molecule has 1 saturated carbocycles. The predicted molar refractivity (Wildman–Crippen MR) is 54.8 cm³/mol. The highest BCUT2D eigenvalue weighted by atomic mass is 35.5. The molecule has 0 aromatic carbocycles. The zero-order valence-corrected chi connectivity index (χ0v) is 8.30. The Labute approximate surface area is 84.1 Å². The molecule has 1 aliphatic carbocycles. The van der Waals surface area contributed by atoms with Crippen LogP contribution in [0.4, 0.5) is 0 Å². The molecule has 0 N–H and O–H groups in total. The summed E-state index contributed by atoms with van der Waals surface area (Å²) in [5.74, 6) is 0.488. The Morgan fingerprint density at radius 3 is 3.00 bits per heavy atom. The zero-order valence-electron chi connectivity index (χ0n) is 7.54. The third-order valence-electron chi connectivity index (χ3n) is 2.56. The maximum atomic E-state index is 6.08. The summed E-state index contributed by atoms with van der Waals surface area (Å²) >= 11 is 6.08. The first-order valence-electron chi connectivity index (χ1n) is 4.81. The van der Waals surface area contributed by atoms with Crippen molar-refractivity contribution in [1.29, 1.82) is 0 Å². The standard InChI is InChI=1S/C11H13ClN/c12-10-7-4-8-13-11(10)9-5-2-1-3-6-9/h4-5,7-9H,1-3,6H2. The number of halogens is 1. The zero-order chi connectivity index (χ0) is 9.10.